The zero-order chi connectivity index (χ0) is 38.8. The molecule has 11 rings (SSSR count). The second-order valence-electron chi connectivity index (χ2n) is 16.1. The Labute approximate surface area is 340 Å². The SMILES string of the molecule is CC1(C)c2ccccc2C2(c3ccccc3-c3c(-c4cccc(-c5cc(-c6cccc(-c7ccccc7)c6)nc(-c6ccccc6)n5)c4)cccc32)c2ccccc21. The third-order valence-electron chi connectivity index (χ3n) is 12.6. The van der Waals surface area contributed by atoms with E-state index < -0.39 is 5.41 Å². The summed E-state index contributed by atoms with van der Waals surface area (Å²) in [5.41, 5.74) is 19.8. The van der Waals surface area contributed by atoms with Gasteiger partial charge < -0.3 is 0 Å². The molecule has 1 aromatic heterocycles. The summed E-state index contributed by atoms with van der Waals surface area (Å²) in [6, 6.07) is 74.9. The molecule has 0 fully saturated rings. The minimum absolute atomic E-state index is 0.139. The van der Waals surface area contributed by atoms with Crippen molar-refractivity contribution in [3.8, 4) is 67.3 Å². The summed E-state index contributed by atoms with van der Waals surface area (Å²) in [6.07, 6.45) is 0. The van der Waals surface area contributed by atoms with E-state index in [0.29, 0.717) is 5.82 Å². The number of aromatic nitrogens is 2. The summed E-state index contributed by atoms with van der Waals surface area (Å²) >= 11 is 0. The van der Waals surface area contributed by atoms with Crippen molar-refractivity contribution in [1.29, 1.82) is 0 Å². The van der Waals surface area contributed by atoms with Crippen LogP contribution in [0.3, 0.4) is 0 Å². The highest BCUT2D eigenvalue weighted by molar-refractivity contribution is 5.97. The average molecular weight is 741 g/mol. The Hall–Kier alpha value is -7.16. The lowest BCUT2D eigenvalue weighted by atomic mass is 9.55. The van der Waals surface area contributed by atoms with Crippen LogP contribution in [0.2, 0.25) is 0 Å². The van der Waals surface area contributed by atoms with Crippen LogP contribution >= 0.6 is 0 Å². The summed E-state index contributed by atoms with van der Waals surface area (Å²) in [5, 5.41) is 0. The van der Waals surface area contributed by atoms with E-state index in [1.54, 1.807) is 0 Å². The molecule has 2 aliphatic rings. The third kappa shape index (κ3) is 5.11. The first-order valence-electron chi connectivity index (χ1n) is 20.2. The van der Waals surface area contributed by atoms with Crippen LogP contribution in [0, 0.1) is 0 Å². The van der Waals surface area contributed by atoms with E-state index in [4.69, 9.17) is 9.97 Å². The van der Waals surface area contributed by atoms with Crippen LogP contribution in [-0.2, 0) is 10.8 Å². The number of rotatable bonds is 5. The zero-order valence-corrected chi connectivity index (χ0v) is 32.5. The molecule has 0 atom stereocenters. The van der Waals surface area contributed by atoms with Crippen molar-refractivity contribution in [2.24, 2.45) is 0 Å². The summed E-state index contributed by atoms with van der Waals surface area (Å²) in [6.45, 7) is 4.76. The number of fused-ring (bicyclic) bond motifs is 9. The van der Waals surface area contributed by atoms with Crippen LogP contribution in [0.15, 0.2) is 206 Å². The van der Waals surface area contributed by atoms with Gasteiger partial charge in [0.25, 0.3) is 0 Å². The maximum Gasteiger partial charge on any atom is 0.160 e. The smallest absolute Gasteiger partial charge is 0.160 e. The van der Waals surface area contributed by atoms with Gasteiger partial charge in [0.15, 0.2) is 5.82 Å². The molecule has 2 nitrogen and oxygen atoms in total. The van der Waals surface area contributed by atoms with Crippen molar-refractivity contribution >= 4 is 0 Å². The Bertz CT molecular complexity index is 2980. The molecule has 8 aromatic carbocycles. The van der Waals surface area contributed by atoms with Crippen molar-refractivity contribution in [1.82, 2.24) is 9.97 Å². The summed E-state index contributed by atoms with van der Waals surface area (Å²) in [5.74, 6) is 0.706. The minimum atomic E-state index is -0.442. The molecule has 9 aromatic rings. The quantitative estimate of drug-likeness (QED) is 0.176. The van der Waals surface area contributed by atoms with Gasteiger partial charge >= 0.3 is 0 Å². The van der Waals surface area contributed by atoms with Crippen molar-refractivity contribution in [3.63, 3.8) is 0 Å². The van der Waals surface area contributed by atoms with Gasteiger partial charge in [-0.3, -0.25) is 0 Å². The summed E-state index contributed by atoms with van der Waals surface area (Å²) in [4.78, 5) is 10.4. The maximum absolute atomic E-state index is 5.24. The highest BCUT2D eigenvalue weighted by atomic mass is 14.9. The molecule has 0 unspecified atom stereocenters. The van der Waals surface area contributed by atoms with E-state index in [9.17, 15) is 0 Å². The summed E-state index contributed by atoms with van der Waals surface area (Å²) < 4.78 is 0. The monoisotopic (exact) mass is 740 g/mol. The lowest BCUT2D eigenvalue weighted by Crippen LogP contribution is -2.40. The standard InChI is InChI=1S/C56H40N2/c1-55(2)46-29-11-13-31-48(46)56(49-32-14-12-30-47(49)55)45-28-10-9-26-44(45)53-43(27-17-33-50(53)56)40-23-16-25-42(35-40)52-36-51(57-54(58-52)38-20-7-4-8-21-38)41-24-15-22-39(34-41)37-18-5-3-6-19-37/h3-36H,1-2H3. The van der Waals surface area contributed by atoms with Crippen LogP contribution in [-0.4, -0.2) is 9.97 Å². The fraction of sp³-hybridized carbons (Fsp3) is 0.0714. The van der Waals surface area contributed by atoms with E-state index in [0.717, 1.165) is 39.2 Å². The highest BCUT2D eigenvalue weighted by Crippen LogP contribution is 2.63. The van der Waals surface area contributed by atoms with Crippen LogP contribution in [0.1, 0.15) is 47.2 Å². The van der Waals surface area contributed by atoms with Gasteiger partial charge in [0.05, 0.1) is 16.8 Å². The Kier molecular flexibility index (Phi) is 7.78. The molecule has 0 N–H and O–H groups in total. The molecule has 1 heterocycles. The predicted octanol–water partition coefficient (Wildman–Crippen LogP) is 13.8. The molecule has 0 saturated carbocycles. The van der Waals surface area contributed by atoms with E-state index in [2.05, 4.69) is 202 Å². The Morgan fingerprint density at radius 3 is 1.38 bits per heavy atom. The fourth-order valence-electron chi connectivity index (χ4n) is 9.94. The Balaban J connectivity index is 1.10. The first kappa shape index (κ1) is 34.1. The molecule has 2 heteroatoms. The Morgan fingerprint density at radius 1 is 0.310 bits per heavy atom. The molecule has 0 saturated heterocycles. The second-order valence-corrected chi connectivity index (χ2v) is 16.1. The highest BCUT2D eigenvalue weighted by Gasteiger charge is 2.53. The second kappa shape index (κ2) is 13.2. The minimum Gasteiger partial charge on any atom is -0.228 e. The fourth-order valence-corrected chi connectivity index (χ4v) is 9.94. The predicted molar refractivity (Wildman–Crippen MR) is 239 cm³/mol. The van der Waals surface area contributed by atoms with E-state index >= 15 is 0 Å². The number of nitrogens with zero attached hydrogens (tertiary/aromatic N) is 2. The largest absolute Gasteiger partial charge is 0.228 e. The van der Waals surface area contributed by atoms with E-state index in [1.165, 1.54) is 55.6 Å². The van der Waals surface area contributed by atoms with Gasteiger partial charge in [-0.05, 0) is 85.0 Å². The van der Waals surface area contributed by atoms with Gasteiger partial charge in [0.2, 0.25) is 0 Å². The average Bonchev–Trinajstić information content (AvgIpc) is 3.60. The van der Waals surface area contributed by atoms with Crippen molar-refractivity contribution < 1.29 is 0 Å². The van der Waals surface area contributed by atoms with Gasteiger partial charge in [-0.2, -0.15) is 0 Å². The molecule has 58 heavy (non-hydrogen) atoms. The third-order valence-corrected chi connectivity index (χ3v) is 12.6. The van der Waals surface area contributed by atoms with Gasteiger partial charge in [0.1, 0.15) is 0 Å². The molecule has 274 valence electrons. The van der Waals surface area contributed by atoms with E-state index in [1.807, 2.05) is 18.2 Å². The molecule has 0 radical (unpaired) electrons. The van der Waals surface area contributed by atoms with Crippen LogP contribution in [0.5, 0.6) is 0 Å². The van der Waals surface area contributed by atoms with Gasteiger partial charge in [-0.1, -0.05) is 202 Å². The molecule has 0 bridgehead atoms. The first-order valence-corrected chi connectivity index (χ1v) is 20.2. The van der Waals surface area contributed by atoms with Gasteiger partial charge in [-0.25, -0.2) is 9.97 Å². The number of benzene rings is 8. The van der Waals surface area contributed by atoms with Crippen LogP contribution in [0.25, 0.3) is 67.3 Å². The van der Waals surface area contributed by atoms with Crippen molar-refractivity contribution in [2.75, 3.05) is 0 Å². The Morgan fingerprint density at radius 2 is 0.741 bits per heavy atom. The molecular formula is C56H40N2. The van der Waals surface area contributed by atoms with Crippen molar-refractivity contribution in [3.05, 3.63) is 240 Å². The summed E-state index contributed by atoms with van der Waals surface area (Å²) in [7, 11) is 0. The molecule has 2 aliphatic carbocycles. The molecule has 0 amide bonds. The topological polar surface area (TPSA) is 25.8 Å². The number of hydrogen-bond acceptors (Lipinski definition) is 2. The molecule has 1 spiro atoms. The molecule has 0 aliphatic heterocycles. The zero-order valence-electron chi connectivity index (χ0n) is 32.5. The molecular weight excluding hydrogens is 701 g/mol. The lowest BCUT2D eigenvalue weighted by molar-refractivity contribution is 0.563. The lowest BCUT2D eigenvalue weighted by Gasteiger charge is -2.46. The van der Waals surface area contributed by atoms with Gasteiger partial charge in [-0.15, -0.1) is 0 Å². The maximum atomic E-state index is 5.24. The van der Waals surface area contributed by atoms with Crippen molar-refractivity contribution in [2.45, 2.75) is 24.7 Å². The van der Waals surface area contributed by atoms with Gasteiger partial charge in [0, 0.05) is 22.1 Å². The van der Waals surface area contributed by atoms with Crippen LogP contribution in [0.4, 0.5) is 0 Å². The number of hydrogen-bond donors (Lipinski definition) is 0. The van der Waals surface area contributed by atoms with E-state index in [-0.39, 0.29) is 5.41 Å². The normalized spacial score (nSPS) is 14.0. The first-order chi connectivity index (χ1) is 28.5. The van der Waals surface area contributed by atoms with Crippen LogP contribution < -0.4 is 0 Å².